The number of carbonyl (C=O) groups is 1. The fourth-order valence-electron chi connectivity index (χ4n) is 1.53. The zero-order valence-electron chi connectivity index (χ0n) is 11.6. The van der Waals surface area contributed by atoms with E-state index in [4.69, 9.17) is 5.73 Å². The fourth-order valence-corrected chi connectivity index (χ4v) is 2.14. The van der Waals surface area contributed by atoms with Crippen LogP contribution < -0.4 is 5.73 Å². The molecule has 1 amide bonds. The predicted molar refractivity (Wildman–Crippen MR) is 79.0 cm³/mol. The van der Waals surface area contributed by atoms with Gasteiger partial charge in [0.05, 0.1) is 17.9 Å². The molecule has 0 unspecified atom stereocenters. The lowest BCUT2D eigenvalue weighted by Gasteiger charge is -2.17. The van der Waals surface area contributed by atoms with Crippen LogP contribution in [0, 0.1) is 11.8 Å². The highest BCUT2D eigenvalue weighted by Crippen LogP contribution is 2.10. The molecule has 0 aliphatic carbocycles. The van der Waals surface area contributed by atoms with Crippen molar-refractivity contribution in [1.82, 2.24) is 4.90 Å². The Morgan fingerprint density at radius 1 is 1.35 bits per heavy atom. The average Bonchev–Trinajstić information content (AvgIpc) is 2.41. The third-order valence-electron chi connectivity index (χ3n) is 2.63. The molecule has 6 heteroatoms. The number of hydrogen-bond donors (Lipinski definition) is 1. The van der Waals surface area contributed by atoms with Gasteiger partial charge in [0, 0.05) is 25.4 Å². The Balaban J connectivity index is 2.92. The Morgan fingerprint density at radius 2 is 2.00 bits per heavy atom. The molecule has 20 heavy (non-hydrogen) atoms. The van der Waals surface area contributed by atoms with Crippen LogP contribution in [0.25, 0.3) is 0 Å². The van der Waals surface area contributed by atoms with Gasteiger partial charge < -0.3 is 10.6 Å². The van der Waals surface area contributed by atoms with E-state index in [-0.39, 0.29) is 24.7 Å². The lowest BCUT2D eigenvalue weighted by molar-refractivity contribution is 0.0803. The van der Waals surface area contributed by atoms with E-state index in [0.29, 0.717) is 11.1 Å². The van der Waals surface area contributed by atoms with Gasteiger partial charge in [-0.1, -0.05) is 24.0 Å². The zero-order valence-corrected chi connectivity index (χ0v) is 12.4. The third-order valence-corrected chi connectivity index (χ3v) is 3.55. The van der Waals surface area contributed by atoms with Crippen molar-refractivity contribution in [2.24, 2.45) is 5.73 Å². The van der Waals surface area contributed by atoms with Crippen molar-refractivity contribution in [3.8, 4) is 11.8 Å². The van der Waals surface area contributed by atoms with Gasteiger partial charge in [0.1, 0.15) is 9.84 Å². The Bertz CT molecular complexity index is 642. The second-order valence-corrected chi connectivity index (χ2v) is 6.67. The quantitative estimate of drug-likeness (QED) is 0.800. The number of carbonyl (C=O) groups excluding carboxylic acids is 1. The molecule has 1 aromatic rings. The number of nitrogens with zero attached hydrogens (tertiary/aromatic N) is 1. The molecule has 0 bridgehead atoms. The van der Waals surface area contributed by atoms with E-state index >= 15 is 0 Å². The van der Waals surface area contributed by atoms with E-state index < -0.39 is 9.84 Å². The molecule has 0 aliphatic heterocycles. The van der Waals surface area contributed by atoms with E-state index in [2.05, 4.69) is 11.8 Å². The first kappa shape index (κ1) is 16.2. The van der Waals surface area contributed by atoms with E-state index in [0.717, 1.165) is 6.26 Å². The van der Waals surface area contributed by atoms with Gasteiger partial charge in [-0.3, -0.25) is 4.79 Å². The first-order valence-electron chi connectivity index (χ1n) is 6.06. The zero-order chi connectivity index (χ0) is 15.2. The molecule has 0 spiro atoms. The standard InChI is InChI=1S/C14H18N2O3S/c1-16(10-11-20(2,18)19)14(17)13-8-4-3-6-12(13)7-5-9-15/h3-4,6,8H,9-11,15H2,1-2H3. The van der Waals surface area contributed by atoms with Gasteiger partial charge in [-0.05, 0) is 12.1 Å². The van der Waals surface area contributed by atoms with Crippen molar-refractivity contribution < 1.29 is 13.2 Å². The number of hydrogen-bond acceptors (Lipinski definition) is 4. The Morgan fingerprint density at radius 3 is 2.60 bits per heavy atom. The maximum Gasteiger partial charge on any atom is 0.254 e. The molecule has 1 rings (SSSR count). The van der Waals surface area contributed by atoms with Crippen LogP contribution in [0.5, 0.6) is 0 Å². The van der Waals surface area contributed by atoms with E-state index in [1.54, 1.807) is 31.3 Å². The molecule has 0 atom stereocenters. The summed E-state index contributed by atoms with van der Waals surface area (Å²) >= 11 is 0. The molecule has 0 aromatic heterocycles. The molecule has 5 nitrogen and oxygen atoms in total. The second kappa shape index (κ2) is 7.08. The van der Waals surface area contributed by atoms with Gasteiger partial charge in [0.25, 0.3) is 5.91 Å². The summed E-state index contributed by atoms with van der Waals surface area (Å²) in [4.78, 5) is 13.7. The van der Waals surface area contributed by atoms with E-state index in [9.17, 15) is 13.2 Å². The van der Waals surface area contributed by atoms with E-state index in [1.165, 1.54) is 4.90 Å². The van der Waals surface area contributed by atoms with Gasteiger partial charge in [0.2, 0.25) is 0 Å². The molecular weight excluding hydrogens is 276 g/mol. The van der Waals surface area contributed by atoms with E-state index in [1.807, 2.05) is 0 Å². The Hall–Kier alpha value is -1.84. The monoisotopic (exact) mass is 294 g/mol. The third kappa shape index (κ3) is 5.03. The van der Waals surface area contributed by atoms with Crippen molar-refractivity contribution in [1.29, 1.82) is 0 Å². The first-order valence-corrected chi connectivity index (χ1v) is 8.12. The van der Waals surface area contributed by atoms with Crippen molar-refractivity contribution in [2.75, 3.05) is 32.1 Å². The summed E-state index contributed by atoms with van der Waals surface area (Å²) < 4.78 is 22.3. The normalized spacial score (nSPS) is 10.6. The van der Waals surface area contributed by atoms with Crippen LogP contribution in [-0.2, 0) is 9.84 Å². The van der Waals surface area contributed by atoms with Crippen molar-refractivity contribution >= 4 is 15.7 Å². The molecule has 2 N–H and O–H groups in total. The van der Waals surface area contributed by atoms with Crippen LogP contribution in [0.1, 0.15) is 15.9 Å². The highest BCUT2D eigenvalue weighted by atomic mass is 32.2. The van der Waals surface area contributed by atoms with Crippen LogP contribution in [0.4, 0.5) is 0 Å². The number of benzene rings is 1. The molecule has 1 aromatic carbocycles. The minimum atomic E-state index is -3.10. The maximum atomic E-state index is 12.3. The highest BCUT2D eigenvalue weighted by Gasteiger charge is 2.16. The smallest absolute Gasteiger partial charge is 0.254 e. The summed E-state index contributed by atoms with van der Waals surface area (Å²) in [6.07, 6.45) is 1.14. The molecular formula is C14H18N2O3S. The SMILES string of the molecule is CN(CCS(C)(=O)=O)C(=O)c1ccccc1C#CCN. The Labute approximate surface area is 119 Å². The summed E-state index contributed by atoms with van der Waals surface area (Å²) in [6, 6.07) is 6.93. The van der Waals surface area contributed by atoms with Crippen molar-refractivity contribution in [3.05, 3.63) is 35.4 Å². The van der Waals surface area contributed by atoms with Gasteiger partial charge >= 0.3 is 0 Å². The minimum absolute atomic E-state index is 0.0636. The lowest BCUT2D eigenvalue weighted by atomic mass is 10.1. The van der Waals surface area contributed by atoms with Crippen molar-refractivity contribution in [3.63, 3.8) is 0 Å². The maximum absolute atomic E-state index is 12.3. The summed E-state index contributed by atoms with van der Waals surface area (Å²) in [6.45, 7) is 0.364. The average molecular weight is 294 g/mol. The highest BCUT2D eigenvalue weighted by molar-refractivity contribution is 7.90. The largest absolute Gasteiger partial charge is 0.341 e. The number of amides is 1. The van der Waals surface area contributed by atoms with Gasteiger partial charge in [0.15, 0.2) is 0 Å². The molecule has 0 saturated heterocycles. The fraction of sp³-hybridized carbons (Fsp3) is 0.357. The molecule has 0 heterocycles. The summed E-state index contributed by atoms with van der Waals surface area (Å²) in [5.41, 5.74) is 6.36. The Kier molecular flexibility index (Phi) is 5.74. The predicted octanol–water partition coefficient (Wildman–Crippen LogP) is 0.113. The number of sulfone groups is 1. The summed E-state index contributed by atoms with van der Waals surface area (Å²) in [7, 11) is -1.53. The second-order valence-electron chi connectivity index (χ2n) is 4.41. The first-order chi connectivity index (χ1) is 9.35. The van der Waals surface area contributed by atoms with Crippen molar-refractivity contribution in [2.45, 2.75) is 0 Å². The molecule has 0 radical (unpaired) electrons. The molecule has 0 saturated carbocycles. The number of nitrogens with two attached hydrogens (primary N) is 1. The van der Waals surface area contributed by atoms with Gasteiger partial charge in [-0.15, -0.1) is 0 Å². The van der Waals surface area contributed by atoms with Crippen LogP contribution in [0.3, 0.4) is 0 Å². The minimum Gasteiger partial charge on any atom is -0.341 e. The topological polar surface area (TPSA) is 80.5 Å². The molecule has 108 valence electrons. The molecule has 0 aliphatic rings. The summed E-state index contributed by atoms with van der Waals surface area (Å²) in [5, 5.41) is 0. The van der Waals surface area contributed by atoms with Crippen LogP contribution >= 0.6 is 0 Å². The number of rotatable bonds is 4. The summed E-state index contributed by atoms with van der Waals surface area (Å²) in [5.74, 6) is 5.23. The lowest BCUT2D eigenvalue weighted by Crippen LogP contribution is -2.31. The van der Waals surface area contributed by atoms with Crippen LogP contribution in [0.2, 0.25) is 0 Å². The van der Waals surface area contributed by atoms with Gasteiger partial charge in [-0.25, -0.2) is 8.42 Å². The van der Waals surface area contributed by atoms with Gasteiger partial charge in [-0.2, -0.15) is 0 Å². The van der Waals surface area contributed by atoms with Crippen LogP contribution in [0.15, 0.2) is 24.3 Å². The van der Waals surface area contributed by atoms with Crippen LogP contribution in [-0.4, -0.2) is 51.4 Å². The molecule has 0 fully saturated rings.